The van der Waals surface area contributed by atoms with Crippen LogP contribution in [-0.4, -0.2) is 57.4 Å². The maximum absolute atomic E-state index is 12.7. The first-order chi connectivity index (χ1) is 14.8. The number of carbonyl (C=O) groups is 2. The summed E-state index contributed by atoms with van der Waals surface area (Å²) >= 11 is 7.14. The minimum absolute atomic E-state index is 0.124. The summed E-state index contributed by atoms with van der Waals surface area (Å²) in [6.45, 7) is 1.95. The molecule has 31 heavy (non-hydrogen) atoms. The van der Waals surface area contributed by atoms with Crippen LogP contribution in [-0.2, 0) is 30.9 Å². The summed E-state index contributed by atoms with van der Waals surface area (Å²) in [5, 5.41) is 3.35. The van der Waals surface area contributed by atoms with Crippen molar-refractivity contribution in [3.05, 3.63) is 46.3 Å². The number of morpholine rings is 1. The van der Waals surface area contributed by atoms with Gasteiger partial charge in [-0.2, -0.15) is 4.31 Å². The highest BCUT2D eigenvalue weighted by Gasteiger charge is 2.35. The third-order valence-corrected chi connectivity index (χ3v) is 8.94. The minimum atomic E-state index is -3.55. The number of ether oxygens (including phenoxy) is 1. The third-order valence-electron chi connectivity index (χ3n) is 5.25. The van der Waals surface area contributed by atoms with Gasteiger partial charge in [-0.25, -0.2) is 8.42 Å². The first-order valence-corrected chi connectivity index (χ1v) is 12.5. The van der Waals surface area contributed by atoms with Crippen molar-refractivity contribution < 1.29 is 22.7 Å². The predicted octanol–water partition coefficient (Wildman–Crippen LogP) is 2.09. The van der Waals surface area contributed by atoms with Gasteiger partial charge in [-0.3, -0.25) is 9.59 Å². The number of thiophene rings is 1. The van der Waals surface area contributed by atoms with Crippen molar-refractivity contribution in [1.82, 2.24) is 9.62 Å². The first-order valence-electron chi connectivity index (χ1n) is 9.85. The van der Waals surface area contributed by atoms with E-state index in [4.69, 9.17) is 16.3 Å². The number of nitrogens with zero attached hydrogens (tertiary/aromatic N) is 2. The van der Waals surface area contributed by atoms with Crippen molar-refractivity contribution in [2.24, 2.45) is 5.92 Å². The Balaban J connectivity index is 1.35. The van der Waals surface area contributed by atoms with Gasteiger partial charge in [-0.1, -0.05) is 17.7 Å². The molecule has 2 aliphatic heterocycles. The fourth-order valence-electron chi connectivity index (χ4n) is 3.60. The topological polar surface area (TPSA) is 96.0 Å². The number of carbonyl (C=O) groups excluding carboxylic acids is 2. The minimum Gasteiger partial charge on any atom is -0.379 e. The van der Waals surface area contributed by atoms with Gasteiger partial charge in [0, 0.05) is 41.6 Å². The maximum atomic E-state index is 12.7. The Bertz CT molecular complexity index is 1080. The maximum Gasteiger partial charge on any atom is 0.252 e. The van der Waals surface area contributed by atoms with Crippen molar-refractivity contribution in [1.29, 1.82) is 0 Å². The number of rotatable bonds is 6. The summed E-state index contributed by atoms with van der Waals surface area (Å²) in [4.78, 5) is 27.3. The van der Waals surface area contributed by atoms with Crippen molar-refractivity contribution in [3.8, 4) is 0 Å². The number of nitrogens with one attached hydrogen (secondary N) is 1. The number of sulfonamides is 1. The van der Waals surface area contributed by atoms with Gasteiger partial charge in [0.05, 0.1) is 25.7 Å². The quantitative estimate of drug-likeness (QED) is 0.678. The van der Waals surface area contributed by atoms with Gasteiger partial charge in [-0.15, -0.1) is 11.3 Å². The molecule has 8 nitrogen and oxygen atoms in total. The van der Waals surface area contributed by atoms with E-state index in [1.165, 1.54) is 4.31 Å². The van der Waals surface area contributed by atoms with E-state index in [-0.39, 0.29) is 35.5 Å². The van der Waals surface area contributed by atoms with Gasteiger partial charge in [-0.05, 0) is 30.3 Å². The molecule has 1 aromatic heterocycles. The smallest absolute Gasteiger partial charge is 0.252 e. The summed E-state index contributed by atoms with van der Waals surface area (Å²) in [6, 6.07) is 10.2. The molecule has 2 amide bonds. The zero-order chi connectivity index (χ0) is 22.0. The normalized spacial score (nSPS) is 20.2. The van der Waals surface area contributed by atoms with Crippen molar-refractivity contribution in [2.75, 3.05) is 37.7 Å². The van der Waals surface area contributed by atoms with Crippen LogP contribution in [0, 0.1) is 5.92 Å². The Hall–Kier alpha value is -1.98. The molecule has 2 saturated heterocycles. The van der Waals surface area contributed by atoms with Crippen molar-refractivity contribution in [3.63, 3.8) is 0 Å². The van der Waals surface area contributed by atoms with Gasteiger partial charge >= 0.3 is 0 Å². The summed E-state index contributed by atoms with van der Waals surface area (Å²) < 4.78 is 32.3. The van der Waals surface area contributed by atoms with Crippen LogP contribution in [0.5, 0.6) is 0 Å². The highest BCUT2D eigenvalue weighted by Crippen LogP contribution is 2.28. The van der Waals surface area contributed by atoms with Gasteiger partial charge in [0.25, 0.3) is 10.0 Å². The number of benzene rings is 1. The lowest BCUT2D eigenvalue weighted by atomic mass is 10.1. The molecular weight excluding hydrogens is 462 g/mol. The Morgan fingerprint density at radius 1 is 1.23 bits per heavy atom. The number of hydrogen-bond acceptors (Lipinski definition) is 6. The van der Waals surface area contributed by atoms with Crippen molar-refractivity contribution in [2.45, 2.75) is 17.2 Å². The average Bonchev–Trinajstić information content (AvgIpc) is 3.40. The highest BCUT2D eigenvalue weighted by atomic mass is 35.5. The average molecular weight is 484 g/mol. The fraction of sp³-hybridized carbons (Fsp3) is 0.400. The summed E-state index contributed by atoms with van der Waals surface area (Å²) in [5.74, 6) is -0.829. The standard InChI is InChI=1S/C20H22ClN3O5S2/c21-15-2-1-3-16(11-15)24-13-14(10-18(24)25)20(26)22-12-17-4-5-19(30-17)31(27,28)23-6-8-29-9-7-23/h1-5,11,14H,6-10,12-13H2,(H,22,26). The van der Waals surface area contributed by atoms with Crippen LogP contribution < -0.4 is 10.2 Å². The molecule has 11 heteroatoms. The molecule has 0 spiro atoms. The van der Waals surface area contributed by atoms with Gasteiger partial charge in [0.1, 0.15) is 4.21 Å². The summed E-state index contributed by atoms with van der Waals surface area (Å²) in [5.41, 5.74) is 0.670. The second-order valence-corrected chi connectivity index (χ2v) is 11.1. The first kappa shape index (κ1) is 22.2. The summed E-state index contributed by atoms with van der Waals surface area (Å²) in [6.07, 6.45) is 0.124. The van der Waals surface area contributed by atoms with E-state index >= 15 is 0 Å². The molecule has 1 unspecified atom stereocenters. The summed E-state index contributed by atoms with van der Waals surface area (Å²) in [7, 11) is -3.55. The molecule has 1 atom stereocenters. The van der Waals surface area contributed by atoms with Crippen LogP contribution in [0.1, 0.15) is 11.3 Å². The number of halogens is 1. The number of anilines is 1. The van der Waals surface area contributed by atoms with Crippen LogP contribution in [0.4, 0.5) is 5.69 Å². The van der Waals surface area contributed by atoms with E-state index in [1.54, 1.807) is 41.3 Å². The molecule has 0 aliphatic carbocycles. The van der Waals surface area contributed by atoms with E-state index in [0.29, 0.717) is 37.0 Å². The van der Waals surface area contributed by atoms with Crippen molar-refractivity contribution >= 4 is 50.5 Å². The molecule has 3 heterocycles. The Morgan fingerprint density at radius 3 is 2.74 bits per heavy atom. The van der Waals surface area contributed by atoms with E-state index in [9.17, 15) is 18.0 Å². The lowest BCUT2D eigenvalue weighted by Crippen LogP contribution is -2.40. The van der Waals surface area contributed by atoms with Crippen LogP contribution >= 0.6 is 22.9 Å². The zero-order valence-electron chi connectivity index (χ0n) is 16.6. The molecule has 0 radical (unpaired) electrons. The molecule has 2 fully saturated rings. The molecule has 2 aliphatic rings. The molecule has 2 aromatic rings. The van der Waals surface area contributed by atoms with Gasteiger partial charge in [0.2, 0.25) is 11.8 Å². The monoisotopic (exact) mass is 483 g/mol. The SMILES string of the molecule is O=C(NCc1ccc(S(=O)(=O)N2CCOCC2)s1)C1CC(=O)N(c2cccc(Cl)c2)C1. The molecule has 0 saturated carbocycles. The van der Waals surface area contributed by atoms with Crippen LogP contribution in [0.15, 0.2) is 40.6 Å². The lowest BCUT2D eigenvalue weighted by Gasteiger charge is -2.25. The van der Waals surface area contributed by atoms with Crippen LogP contribution in [0.25, 0.3) is 0 Å². The Morgan fingerprint density at radius 2 is 2.00 bits per heavy atom. The molecule has 1 N–H and O–H groups in total. The lowest BCUT2D eigenvalue weighted by molar-refractivity contribution is -0.126. The Kier molecular flexibility index (Phi) is 6.63. The largest absolute Gasteiger partial charge is 0.379 e. The van der Waals surface area contributed by atoms with E-state index in [0.717, 1.165) is 16.2 Å². The Labute approximate surface area is 189 Å². The number of hydrogen-bond donors (Lipinski definition) is 1. The van der Waals surface area contributed by atoms with Gasteiger partial charge < -0.3 is 15.0 Å². The second kappa shape index (κ2) is 9.25. The predicted molar refractivity (Wildman–Crippen MR) is 118 cm³/mol. The third kappa shape index (κ3) is 4.93. The van der Waals surface area contributed by atoms with E-state index < -0.39 is 15.9 Å². The molecular formula is C20H22ClN3O5S2. The van der Waals surface area contributed by atoms with Crippen LogP contribution in [0.3, 0.4) is 0 Å². The second-order valence-electron chi connectivity index (χ2n) is 7.34. The molecule has 0 bridgehead atoms. The number of amides is 2. The van der Waals surface area contributed by atoms with E-state index in [1.807, 2.05) is 0 Å². The zero-order valence-corrected chi connectivity index (χ0v) is 19.0. The highest BCUT2D eigenvalue weighted by molar-refractivity contribution is 7.91. The van der Waals surface area contributed by atoms with E-state index in [2.05, 4.69) is 5.32 Å². The molecule has 4 rings (SSSR count). The van der Waals surface area contributed by atoms with Gasteiger partial charge in [0.15, 0.2) is 0 Å². The fourth-order valence-corrected chi connectivity index (χ4v) is 6.64. The molecule has 1 aromatic carbocycles. The van der Waals surface area contributed by atoms with Crippen LogP contribution in [0.2, 0.25) is 5.02 Å². The molecule has 166 valence electrons.